The molecule has 0 aliphatic carbocycles. The van der Waals surface area contributed by atoms with Crippen LogP contribution in [0.2, 0.25) is 0 Å². The average Bonchev–Trinajstić information content (AvgIpc) is 2.53. The molecule has 0 spiro atoms. The van der Waals surface area contributed by atoms with Crippen molar-refractivity contribution in [3.05, 3.63) is 54.0 Å². The fourth-order valence-corrected chi connectivity index (χ4v) is 1.51. The van der Waals surface area contributed by atoms with Crippen LogP contribution < -0.4 is 4.90 Å². The number of rotatable bonds is 4. The summed E-state index contributed by atoms with van der Waals surface area (Å²) in [5.74, 6) is -0.971. The number of carbonyl (C=O) groups excluding carboxylic acids is 1. The Morgan fingerprint density at radius 3 is 2.48 bits per heavy atom. The summed E-state index contributed by atoms with van der Waals surface area (Å²) in [6.45, 7) is 0.144. The quantitative estimate of drug-likeness (QED) is 0.923. The van der Waals surface area contributed by atoms with E-state index in [0.29, 0.717) is 0 Å². The molecule has 0 aliphatic heterocycles. The van der Waals surface area contributed by atoms with Crippen LogP contribution in [0.4, 0.5) is 10.6 Å². The van der Waals surface area contributed by atoms with Crippen LogP contribution in [-0.4, -0.2) is 34.2 Å². The first-order valence-electron chi connectivity index (χ1n) is 6.07. The van der Waals surface area contributed by atoms with Crippen molar-refractivity contribution in [1.82, 2.24) is 9.97 Å². The molecular weight excluding hydrogens is 274 g/mol. The highest BCUT2D eigenvalue weighted by Gasteiger charge is 2.15. The normalized spacial score (nSPS) is 9.95. The summed E-state index contributed by atoms with van der Waals surface area (Å²) in [5, 5.41) is 8.73. The van der Waals surface area contributed by atoms with Gasteiger partial charge in [-0.3, -0.25) is 4.90 Å². The summed E-state index contributed by atoms with van der Waals surface area (Å²) in [4.78, 5) is 31.2. The van der Waals surface area contributed by atoms with E-state index in [1.807, 2.05) is 30.3 Å². The van der Waals surface area contributed by atoms with E-state index in [-0.39, 0.29) is 18.1 Å². The Bertz CT molecular complexity index is 628. The molecule has 21 heavy (non-hydrogen) atoms. The molecule has 0 saturated carbocycles. The maximum Gasteiger partial charge on any atom is 0.415 e. The zero-order chi connectivity index (χ0) is 15.2. The number of hydrogen-bond donors (Lipinski definition) is 1. The molecule has 1 heterocycles. The Labute approximate surface area is 120 Å². The number of ether oxygens (including phenoxy) is 1. The third-order valence-electron chi connectivity index (χ3n) is 2.68. The smallest absolute Gasteiger partial charge is 0.415 e. The fourth-order valence-electron chi connectivity index (χ4n) is 1.51. The minimum absolute atomic E-state index is 0.144. The first kappa shape index (κ1) is 14.4. The summed E-state index contributed by atoms with van der Waals surface area (Å²) in [6, 6.07) is 9.26. The molecule has 2 rings (SSSR count). The highest BCUT2D eigenvalue weighted by molar-refractivity contribution is 5.87. The van der Waals surface area contributed by atoms with E-state index in [1.165, 1.54) is 13.2 Å². The molecule has 0 fully saturated rings. The van der Waals surface area contributed by atoms with Crippen LogP contribution in [0.5, 0.6) is 0 Å². The van der Waals surface area contributed by atoms with Crippen molar-refractivity contribution in [2.24, 2.45) is 0 Å². The molecule has 0 saturated heterocycles. The fraction of sp³-hybridized carbons (Fsp3) is 0.143. The van der Waals surface area contributed by atoms with E-state index in [1.54, 1.807) is 0 Å². The SMILES string of the molecule is CN(C(=O)OCc1ccccc1)c1cnc(C(=O)O)cn1. The molecule has 1 aromatic carbocycles. The van der Waals surface area contributed by atoms with E-state index < -0.39 is 12.1 Å². The number of aromatic nitrogens is 2. The molecule has 0 radical (unpaired) electrons. The van der Waals surface area contributed by atoms with Gasteiger partial charge >= 0.3 is 12.1 Å². The minimum atomic E-state index is -1.18. The lowest BCUT2D eigenvalue weighted by molar-refractivity contribution is 0.0690. The monoisotopic (exact) mass is 287 g/mol. The molecule has 108 valence electrons. The van der Waals surface area contributed by atoms with E-state index >= 15 is 0 Å². The van der Waals surface area contributed by atoms with E-state index in [4.69, 9.17) is 9.84 Å². The van der Waals surface area contributed by atoms with Crippen LogP contribution >= 0.6 is 0 Å². The van der Waals surface area contributed by atoms with Gasteiger partial charge in [0.05, 0.1) is 12.4 Å². The van der Waals surface area contributed by atoms with E-state index in [2.05, 4.69) is 9.97 Å². The topological polar surface area (TPSA) is 92.6 Å². The standard InChI is InChI=1S/C14H13N3O4/c1-17(12-8-15-11(7-16-12)13(18)19)14(20)21-9-10-5-3-2-4-6-10/h2-8H,9H2,1H3,(H,18,19). The Kier molecular flexibility index (Phi) is 4.45. The second-order valence-corrected chi connectivity index (χ2v) is 4.16. The number of carboxylic acid groups (broad SMARTS) is 1. The first-order chi connectivity index (χ1) is 10.1. The van der Waals surface area contributed by atoms with Crippen LogP contribution in [0.3, 0.4) is 0 Å². The Morgan fingerprint density at radius 2 is 1.90 bits per heavy atom. The van der Waals surface area contributed by atoms with E-state index in [9.17, 15) is 9.59 Å². The number of benzene rings is 1. The largest absolute Gasteiger partial charge is 0.476 e. The van der Waals surface area contributed by atoms with Crippen molar-refractivity contribution in [2.45, 2.75) is 6.61 Å². The van der Waals surface area contributed by atoms with Crippen LogP contribution in [0.25, 0.3) is 0 Å². The summed E-state index contributed by atoms with van der Waals surface area (Å²) >= 11 is 0. The summed E-state index contributed by atoms with van der Waals surface area (Å²) < 4.78 is 5.12. The van der Waals surface area contributed by atoms with Crippen LogP contribution in [-0.2, 0) is 11.3 Å². The molecule has 7 heteroatoms. The molecule has 1 N–H and O–H groups in total. The summed E-state index contributed by atoms with van der Waals surface area (Å²) in [5.41, 5.74) is 0.677. The predicted molar refractivity (Wildman–Crippen MR) is 74.0 cm³/mol. The molecular formula is C14H13N3O4. The van der Waals surface area contributed by atoms with Gasteiger partial charge in [0.15, 0.2) is 11.5 Å². The maximum absolute atomic E-state index is 11.9. The van der Waals surface area contributed by atoms with Crippen molar-refractivity contribution >= 4 is 17.9 Å². The molecule has 0 unspecified atom stereocenters. The van der Waals surface area contributed by atoms with Gasteiger partial charge in [-0.1, -0.05) is 30.3 Å². The lowest BCUT2D eigenvalue weighted by Crippen LogP contribution is -2.28. The van der Waals surface area contributed by atoms with Crippen LogP contribution in [0.1, 0.15) is 16.1 Å². The molecule has 2 aromatic rings. The van der Waals surface area contributed by atoms with Crippen molar-refractivity contribution < 1.29 is 19.4 Å². The van der Waals surface area contributed by atoms with E-state index in [0.717, 1.165) is 16.7 Å². The lowest BCUT2D eigenvalue weighted by atomic mass is 10.2. The summed E-state index contributed by atoms with van der Waals surface area (Å²) in [7, 11) is 1.47. The highest BCUT2D eigenvalue weighted by Crippen LogP contribution is 2.10. The van der Waals surface area contributed by atoms with Crippen molar-refractivity contribution in [3.8, 4) is 0 Å². The summed E-state index contributed by atoms with van der Waals surface area (Å²) in [6.07, 6.45) is 1.68. The Morgan fingerprint density at radius 1 is 1.19 bits per heavy atom. The van der Waals surface area contributed by atoms with Crippen molar-refractivity contribution in [2.75, 3.05) is 11.9 Å². The zero-order valence-corrected chi connectivity index (χ0v) is 11.3. The third kappa shape index (κ3) is 3.75. The van der Waals surface area contributed by atoms with Gasteiger partial charge in [0, 0.05) is 7.05 Å². The second-order valence-electron chi connectivity index (χ2n) is 4.16. The number of carboxylic acids is 1. The van der Waals surface area contributed by atoms with Crippen LogP contribution in [0, 0.1) is 0 Å². The van der Waals surface area contributed by atoms with Gasteiger partial charge in [-0.05, 0) is 5.56 Å². The van der Waals surface area contributed by atoms with Gasteiger partial charge in [-0.15, -0.1) is 0 Å². The first-order valence-corrected chi connectivity index (χ1v) is 6.07. The number of hydrogen-bond acceptors (Lipinski definition) is 5. The van der Waals surface area contributed by atoms with Gasteiger partial charge < -0.3 is 9.84 Å². The van der Waals surface area contributed by atoms with Gasteiger partial charge in [0.25, 0.3) is 0 Å². The van der Waals surface area contributed by atoms with Gasteiger partial charge in [0.2, 0.25) is 0 Å². The molecule has 0 bridgehead atoms. The molecule has 0 aliphatic rings. The number of anilines is 1. The zero-order valence-electron chi connectivity index (χ0n) is 11.3. The van der Waals surface area contributed by atoms with Gasteiger partial charge in [-0.25, -0.2) is 19.6 Å². The number of aromatic carboxylic acids is 1. The minimum Gasteiger partial charge on any atom is -0.476 e. The third-order valence-corrected chi connectivity index (χ3v) is 2.68. The second kappa shape index (κ2) is 6.47. The van der Waals surface area contributed by atoms with Crippen molar-refractivity contribution in [3.63, 3.8) is 0 Å². The maximum atomic E-state index is 11.9. The molecule has 7 nitrogen and oxygen atoms in total. The number of carbonyl (C=O) groups is 2. The highest BCUT2D eigenvalue weighted by atomic mass is 16.6. The van der Waals surface area contributed by atoms with Crippen molar-refractivity contribution in [1.29, 1.82) is 0 Å². The van der Waals surface area contributed by atoms with Gasteiger partial charge in [-0.2, -0.15) is 0 Å². The van der Waals surface area contributed by atoms with Gasteiger partial charge in [0.1, 0.15) is 6.61 Å². The predicted octanol–water partition coefficient (Wildman–Crippen LogP) is 1.95. The molecule has 0 atom stereocenters. The lowest BCUT2D eigenvalue weighted by Gasteiger charge is -2.15. The Balaban J connectivity index is 1.97. The molecule has 1 aromatic heterocycles. The molecule has 1 amide bonds. The average molecular weight is 287 g/mol. The Hall–Kier alpha value is -2.96. The number of nitrogens with zero attached hydrogens (tertiary/aromatic N) is 3. The number of amides is 1. The van der Waals surface area contributed by atoms with Crippen LogP contribution in [0.15, 0.2) is 42.7 Å².